The molecular weight excluding hydrogens is 369 g/mol. The molecular formula is C16H11F3N4O2S. The highest BCUT2D eigenvalue weighted by atomic mass is 32.1. The van der Waals surface area contributed by atoms with Crippen LogP contribution in [0.15, 0.2) is 47.6 Å². The fourth-order valence-corrected chi connectivity index (χ4v) is 2.36. The molecule has 3 aromatic rings. The number of aromatic nitrogens is 3. The van der Waals surface area contributed by atoms with E-state index in [0.29, 0.717) is 0 Å². The van der Waals surface area contributed by atoms with Crippen LogP contribution < -0.4 is 0 Å². The fraction of sp³-hybridized carbons (Fsp3) is 0.0625. The van der Waals surface area contributed by atoms with Crippen LogP contribution >= 0.6 is 12.2 Å². The number of nitrogens with zero attached hydrogens (tertiary/aromatic N) is 3. The molecule has 3 N–H and O–H groups in total. The van der Waals surface area contributed by atoms with Gasteiger partial charge in [-0.15, -0.1) is 0 Å². The molecule has 0 aliphatic rings. The first kappa shape index (κ1) is 17.7. The van der Waals surface area contributed by atoms with E-state index in [9.17, 15) is 23.4 Å². The van der Waals surface area contributed by atoms with Crippen molar-refractivity contribution in [1.29, 1.82) is 0 Å². The normalized spacial score (nSPS) is 12.0. The predicted octanol–water partition coefficient (Wildman–Crippen LogP) is 3.92. The lowest BCUT2D eigenvalue weighted by molar-refractivity contribution is -0.137. The van der Waals surface area contributed by atoms with E-state index in [-0.39, 0.29) is 33.2 Å². The van der Waals surface area contributed by atoms with Crippen molar-refractivity contribution in [1.82, 2.24) is 14.9 Å². The molecule has 6 nitrogen and oxygen atoms in total. The minimum absolute atomic E-state index is 0.0620. The molecule has 134 valence electrons. The van der Waals surface area contributed by atoms with Gasteiger partial charge in [0.1, 0.15) is 11.5 Å². The maximum absolute atomic E-state index is 12.9. The monoisotopic (exact) mass is 380 g/mol. The third kappa shape index (κ3) is 3.59. The van der Waals surface area contributed by atoms with Crippen molar-refractivity contribution in [3.8, 4) is 22.9 Å². The first-order chi connectivity index (χ1) is 12.3. The molecule has 0 radical (unpaired) electrons. The molecule has 3 rings (SSSR count). The minimum atomic E-state index is -4.49. The Morgan fingerprint density at radius 2 is 1.92 bits per heavy atom. The zero-order valence-electron chi connectivity index (χ0n) is 12.9. The van der Waals surface area contributed by atoms with Gasteiger partial charge < -0.3 is 10.2 Å². The van der Waals surface area contributed by atoms with Gasteiger partial charge in [0.05, 0.1) is 11.8 Å². The van der Waals surface area contributed by atoms with E-state index < -0.39 is 11.7 Å². The van der Waals surface area contributed by atoms with Crippen LogP contribution in [-0.2, 0) is 6.18 Å². The molecule has 0 spiro atoms. The third-order valence-electron chi connectivity index (χ3n) is 3.42. The summed E-state index contributed by atoms with van der Waals surface area (Å²) in [5.41, 5.74) is -0.379. The van der Waals surface area contributed by atoms with Gasteiger partial charge in [-0.3, -0.25) is 0 Å². The number of benzene rings is 2. The molecule has 26 heavy (non-hydrogen) atoms. The van der Waals surface area contributed by atoms with Crippen molar-refractivity contribution >= 4 is 18.4 Å². The first-order valence-corrected chi connectivity index (χ1v) is 7.58. The smallest absolute Gasteiger partial charge is 0.416 e. The summed E-state index contributed by atoms with van der Waals surface area (Å²) in [6, 6.07) is 8.50. The number of phenols is 2. The number of aromatic hydroxyl groups is 2. The molecule has 0 saturated carbocycles. The van der Waals surface area contributed by atoms with E-state index in [1.807, 2.05) is 0 Å². The SMILES string of the molecule is Oc1ccc(/C=N/n2c(-c3cccc(C(F)(F)F)c3)n[nH]c2=S)c(O)c1. The standard InChI is InChI=1S/C16H11F3N4O2S/c17-16(18,19)11-3-1-2-9(6-11)14-21-22-15(26)23(14)20-8-10-4-5-12(24)7-13(10)25/h1-8,24-25H,(H,22,26)/b20-8+. The van der Waals surface area contributed by atoms with Gasteiger partial charge in [-0.05, 0) is 36.5 Å². The topological polar surface area (TPSA) is 86.4 Å². The van der Waals surface area contributed by atoms with E-state index in [4.69, 9.17) is 12.2 Å². The molecule has 1 aromatic heterocycles. The molecule has 0 amide bonds. The van der Waals surface area contributed by atoms with Crippen molar-refractivity contribution in [2.75, 3.05) is 0 Å². The summed E-state index contributed by atoms with van der Waals surface area (Å²) in [5, 5.41) is 29.5. The second-order valence-corrected chi connectivity index (χ2v) is 5.62. The van der Waals surface area contributed by atoms with Crippen LogP contribution in [-0.4, -0.2) is 31.3 Å². The summed E-state index contributed by atoms with van der Waals surface area (Å²) >= 11 is 5.05. The number of halogens is 3. The Bertz CT molecular complexity index is 1040. The van der Waals surface area contributed by atoms with Crippen molar-refractivity contribution in [2.45, 2.75) is 6.18 Å². The van der Waals surface area contributed by atoms with Crippen molar-refractivity contribution in [3.05, 3.63) is 58.4 Å². The quantitative estimate of drug-likeness (QED) is 0.475. The predicted molar refractivity (Wildman–Crippen MR) is 90.6 cm³/mol. The molecule has 0 aliphatic heterocycles. The number of rotatable bonds is 3. The number of hydrogen-bond acceptors (Lipinski definition) is 5. The number of phenolic OH excluding ortho intramolecular Hbond substituents is 2. The molecule has 1 heterocycles. The van der Waals surface area contributed by atoms with Crippen LogP contribution in [0, 0.1) is 4.77 Å². The number of hydrogen-bond donors (Lipinski definition) is 3. The lowest BCUT2D eigenvalue weighted by Crippen LogP contribution is -2.05. The molecule has 0 bridgehead atoms. The zero-order valence-corrected chi connectivity index (χ0v) is 13.7. The van der Waals surface area contributed by atoms with Gasteiger partial charge in [0, 0.05) is 17.2 Å². The molecule has 10 heteroatoms. The van der Waals surface area contributed by atoms with E-state index in [0.717, 1.165) is 22.9 Å². The lowest BCUT2D eigenvalue weighted by Gasteiger charge is -2.08. The summed E-state index contributed by atoms with van der Waals surface area (Å²) in [6.07, 6.45) is -3.24. The van der Waals surface area contributed by atoms with Gasteiger partial charge >= 0.3 is 6.18 Å². The molecule has 0 unspecified atom stereocenters. The average molecular weight is 380 g/mol. The van der Waals surface area contributed by atoms with Gasteiger partial charge in [0.2, 0.25) is 4.77 Å². The van der Waals surface area contributed by atoms with Gasteiger partial charge in [0.15, 0.2) is 5.82 Å². The van der Waals surface area contributed by atoms with E-state index in [1.165, 1.54) is 30.5 Å². The van der Waals surface area contributed by atoms with E-state index >= 15 is 0 Å². The van der Waals surface area contributed by atoms with Crippen LogP contribution in [0.4, 0.5) is 13.2 Å². The molecule has 0 aliphatic carbocycles. The van der Waals surface area contributed by atoms with Crippen LogP contribution in [0.1, 0.15) is 11.1 Å². The maximum Gasteiger partial charge on any atom is 0.416 e. The van der Waals surface area contributed by atoms with Crippen LogP contribution in [0.25, 0.3) is 11.4 Å². The van der Waals surface area contributed by atoms with Crippen LogP contribution in [0.2, 0.25) is 0 Å². The van der Waals surface area contributed by atoms with Gasteiger partial charge in [-0.25, -0.2) is 5.10 Å². The molecule has 0 atom stereocenters. The van der Waals surface area contributed by atoms with Crippen molar-refractivity contribution < 1.29 is 23.4 Å². The summed E-state index contributed by atoms with van der Waals surface area (Å²) < 4.78 is 39.9. The Morgan fingerprint density at radius 3 is 2.62 bits per heavy atom. The maximum atomic E-state index is 12.9. The highest BCUT2D eigenvalue weighted by Crippen LogP contribution is 2.31. The highest BCUT2D eigenvalue weighted by molar-refractivity contribution is 7.71. The number of aromatic amines is 1. The number of alkyl halides is 3. The Kier molecular flexibility index (Phi) is 4.51. The Labute approximate surface area is 149 Å². The van der Waals surface area contributed by atoms with Crippen molar-refractivity contribution in [3.63, 3.8) is 0 Å². The zero-order chi connectivity index (χ0) is 18.9. The van der Waals surface area contributed by atoms with Crippen LogP contribution in [0.3, 0.4) is 0 Å². The number of H-pyrrole nitrogens is 1. The first-order valence-electron chi connectivity index (χ1n) is 7.17. The van der Waals surface area contributed by atoms with E-state index in [1.54, 1.807) is 0 Å². The molecule has 0 fully saturated rings. The fourth-order valence-electron chi connectivity index (χ4n) is 2.18. The summed E-state index contributed by atoms with van der Waals surface area (Å²) in [6.45, 7) is 0. The highest BCUT2D eigenvalue weighted by Gasteiger charge is 2.30. The summed E-state index contributed by atoms with van der Waals surface area (Å²) in [7, 11) is 0. The second kappa shape index (κ2) is 6.64. The van der Waals surface area contributed by atoms with Gasteiger partial charge in [-0.2, -0.15) is 28.0 Å². The van der Waals surface area contributed by atoms with Gasteiger partial charge in [0.25, 0.3) is 0 Å². The molecule has 2 aromatic carbocycles. The summed E-state index contributed by atoms with van der Waals surface area (Å²) in [5.74, 6) is -0.260. The molecule has 0 saturated heterocycles. The lowest BCUT2D eigenvalue weighted by atomic mass is 10.1. The Hall–Kier alpha value is -3.14. The third-order valence-corrected chi connectivity index (χ3v) is 3.69. The number of nitrogens with one attached hydrogen (secondary N) is 1. The average Bonchev–Trinajstić information content (AvgIpc) is 2.94. The van der Waals surface area contributed by atoms with Crippen molar-refractivity contribution in [2.24, 2.45) is 5.10 Å². The summed E-state index contributed by atoms with van der Waals surface area (Å²) in [4.78, 5) is 0. The van der Waals surface area contributed by atoms with E-state index in [2.05, 4.69) is 15.3 Å². The Morgan fingerprint density at radius 1 is 1.15 bits per heavy atom. The van der Waals surface area contributed by atoms with Crippen LogP contribution in [0.5, 0.6) is 11.5 Å². The minimum Gasteiger partial charge on any atom is -0.508 e. The van der Waals surface area contributed by atoms with Gasteiger partial charge in [-0.1, -0.05) is 12.1 Å². The Balaban J connectivity index is 2.03. The second-order valence-electron chi connectivity index (χ2n) is 5.23. The largest absolute Gasteiger partial charge is 0.508 e.